The Morgan fingerprint density at radius 1 is 1.29 bits per heavy atom. The van der Waals surface area contributed by atoms with Crippen LogP contribution >= 0.6 is 0 Å². The van der Waals surface area contributed by atoms with Crippen LogP contribution in [-0.4, -0.2) is 53.1 Å². The monoisotopic (exact) mass is 296 g/mol. The summed E-state index contributed by atoms with van der Waals surface area (Å²) < 4.78 is 0. The van der Waals surface area contributed by atoms with Gasteiger partial charge in [0.2, 0.25) is 0 Å². The molecule has 0 aromatic carbocycles. The molecule has 5 heteroatoms. The lowest BCUT2D eigenvalue weighted by molar-refractivity contribution is -0.150. The van der Waals surface area contributed by atoms with Gasteiger partial charge in [0.05, 0.1) is 5.41 Å². The largest absolute Gasteiger partial charge is 0.481 e. The fourth-order valence-electron chi connectivity index (χ4n) is 3.66. The van der Waals surface area contributed by atoms with Crippen LogP contribution in [-0.2, 0) is 4.79 Å². The zero-order valence-electron chi connectivity index (χ0n) is 13.5. The predicted octanol–water partition coefficient (Wildman–Crippen LogP) is 2.66. The minimum atomic E-state index is -0.768. The number of hydrogen-bond donors (Lipinski definition) is 1. The highest BCUT2D eigenvalue weighted by molar-refractivity contribution is 5.80. The number of likely N-dealkylation sites (tertiary alicyclic amines) is 2. The number of rotatable bonds is 3. The number of amides is 2. The summed E-state index contributed by atoms with van der Waals surface area (Å²) in [6.07, 6.45) is 3.93. The average Bonchev–Trinajstić information content (AvgIpc) is 2.93. The summed E-state index contributed by atoms with van der Waals surface area (Å²) in [4.78, 5) is 28.0. The fourth-order valence-corrected chi connectivity index (χ4v) is 3.66. The fraction of sp³-hybridized carbons (Fsp3) is 0.875. The van der Waals surface area contributed by atoms with E-state index in [1.165, 1.54) is 6.42 Å². The van der Waals surface area contributed by atoms with Gasteiger partial charge in [0.15, 0.2) is 0 Å². The van der Waals surface area contributed by atoms with Crippen molar-refractivity contribution in [3.63, 3.8) is 0 Å². The van der Waals surface area contributed by atoms with Gasteiger partial charge in [-0.3, -0.25) is 4.79 Å². The second-order valence-electron chi connectivity index (χ2n) is 6.93. The molecule has 2 heterocycles. The number of urea groups is 1. The molecule has 2 rings (SSSR count). The molecule has 0 aromatic rings. The molecule has 0 saturated carbocycles. The third kappa shape index (κ3) is 3.01. The van der Waals surface area contributed by atoms with E-state index in [9.17, 15) is 14.7 Å². The number of carbonyl (C=O) groups excluding carboxylic acids is 1. The standard InChI is InChI=1S/C16H28N2O3/c1-4-13-6-5-8-17(10-13)15(21)18-9-7-16(11-18,12(2)3)14(19)20/h12-13H,4-11H2,1-3H3,(H,19,20). The Morgan fingerprint density at radius 3 is 2.52 bits per heavy atom. The Bertz CT molecular complexity index is 410. The normalized spacial score (nSPS) is 30.0. The smallest absolute Gasteiger partial charge is 0.320 e. The van der Waals surface area contributed by atoms with E-state index in [0.717, 1.165) is 25.9 Å². The SMILES string of the molecule is CCC1CCCN(C(=O)N2CCC(C(=O)O)(C(C)C)C2)C1. The van der Waals surface area contributed by atoms with E-state index in [-0.39, 0.29) is 11.9 Å². The van der Waals surface area contributed by atoms with Crippen molar-refractivity contribution in [3.8, 4) is 0 Å². The van der Waals surface area contributed by atoms with Gasteiger partial charge in [-0.2, -0.15) is 0 Å². The van der Waals surface area contributed by atoms with Crippen LogP contribution in [0.3, 0.4) is 0 Å². The Labute approximate surface area is 127 Å². The molecular formula is C16H28N2O3. The van der Waals surface area contributed by atoms with Gasteiger partial charge in [0.25, 0.3) is 0 Å². The van der Waals surface area contributed by atoms with E-state index in [4.69, 9.17) is 0 Å². The summed E-state index contributed by atoms with van der Waals surface area (Å²) in [5.74, 6) is -0.130. The molecule has 2 fully saturated rings. The lowest BCUT2D eigenvalue weighted by atomic mass is 9.76. The van der Waals surface area contributed by atoms with E-state index in [1.54, 1.807) is 4.90 Å². The summed E-state index contributed by atoms with van der Waals surface area (Å²) in [6.45, 7) is 8.61. The van der Waals surface area contributed by atoms with Crippen LogP contribution in [0.2, 0.25) is 0 Å². The van der Waals surface area contributed by atoms with Crippen LogP contribution in [0.15, 0.2) is 0 Å². The van der Waals surface area contributed by atoms with Crippen LogP contribution in [0, 0.1) is 17.3 Å². The third-order valence-corrected chi connectivity index (χ3v) is 5.47. The molecule has 0 aromatic heterocycles. The molecule has 2 atom stereocenters. The molecule has 0 bridgehead atoms. The van der Waals surface area contributed by atoms with Crippen molar-refractivity contribution < 1.29 is 14.7 Å². The van der Waals surface area contributed by atoms with Gasteiger partial charge in [0.1, 0.15) is 0 Å². The Balaban J connectivity index is 2.03. The quantitative estimate of drug-likeness (QED) is 0.871. The van der Waals surface area contributed by atoms with Gasteiger partial charge in [-0.25, -0.2) is 4.79 Å². The first-order valence-corrected chi connectivity index (χ1v) is 8.18. The maximum absolute atomic E-state index is 12.7. The summed E-state index contributed by atoms with van der Waals surface area (Å²) in [7, 11) is 0. The Kier molecular flexibility index (Phi) is 4.79. The molecule has 120 valence electrons. The van der Waals surface area contributed by atoms with E-state index >= 15 is 0 Å². The number of piperidine rings is 1. The van der Waals surface area contributed by atoms with E-state index in [1.807, 2.05) is 18.7 Å². The van der Waals surface area contributed by atoms with Gasteiger partial charge in [-0.05, 0) is 31.1 Å². The highest BCUT2D eigenvalue weighted by Crippen LogP contribution is 2.38. The first kappa shape index (κ1) is 16.1. The number of carboxylic acids is 1. The molecule has 5 nitrogen and oxygen atoms in total. The van der Waals surface area contributed by atoms with Crippen molar-refractivity contribution in [1.82, 2.24) is 9.80 Å². The lowest BCUT2D eigenvalue weighted by Crippen LogP contribution is -2.48. The van der Waals surface area contributed by atoms with Crippen LogP contribution in [0.1, 0.15) is 46.5 Å². The Morgan fingerprint density at radius 2 is 2.00 bits per heavy atom. The lowest BCUT2D eigenvalue weighted by Gasteiger charge is -2.36. The van der Waals surface area contributed by atoms with Crippen LogP contribution in [0.25, 0.3) is 0 Å². The molecular weight excluding hydrogens is 268 g/mol. The van der Waals surface area contributed by atoms with Gasteiger partial charge >= 0.3 is 12.0 Å². The molecule has 0 radical (unpaired) electrons. The molecule has 0 spiro atoms. The van der Waals surface area contributed by atoms with Gasteiger partial charge in [-0.15, -0.1) is 0 Å². The first-order chi connectivity index (χ1) is 9.90. The molecule has 2 saturated heterocycles. The number of carbonyl (C=O) groups is 2. The summed E-state index contributed by atoms with van der Waals surface area (Å²) in [5.41, 5.74) is -0.768. The van der Waals surface area contributed by atoms with E-state index in [2.05, 4.69) is 6.92 Å². The average molecular weight is 296 g/mol. The maximum Gasteiger partial charge on any atom is 0.320 e. The topological polar surface area (TPSA) is 60.9 Å². The van der Waals surface area contributed by atoms with Crippen LogP contribution in [0.4, 0.5) is 4.79 Å². The van der Waals surface area contributed by atoms with Crippen molar-refractivity contribution in [3.05, 3.63) is 0 Å². The van der Waals surface area contributed by atoms with Gasteiger partial charge < -0.3 is 14.9 Å². The van der Waals surface area contributed by atoms with Crippen molar-refractivity contribution in [2.75, 3.05) is 26.2 Å². The van der Waals surface area contributed by atoms with Crippen molar-refractivity contribution >= 4 is 12.0 Å². The van der Waals surface area contributed by atoms with E-state index < -0.39 is 11.4 Å². The van der Waals surface area contributed by atoms with Crippen molar-refractivity contribution in [2.45, 2.75) is 46.5 Å². The molecule has 2 aliphatic rings. The highest BCUT2D eigenvalue weighted by Gasteiger charge is 2.49. The molecule has 2 unspecified atom stereocenters. The van der Waals surface area contributed by atoms with Crippen molar-refractivity contribution in [2.24, 2.45) is 17.3 Å². The molecule has 2 aliphatic heterocycles. The number of hydrogen-bond acceptors (Lipinski definition) is 2. The zero-order chi connectivity index (χ0) is 15.6. The van der Waals surface area contributed by atoms with Crippen LogP contribution < -0.4 is 0 Å². The highest BCUT2D eigenvalue weighted by atomic mass is 16.4. The molecule has 1 N–H and O–H groups in total. The van der Waals surface area contributed by atoms with Crippen LogP contribution in [0.5, 0.6) is 0 Å². The van der Waals surface area contributed by atoms with Crippen molar-refractivity contribution in [1.29, 1.82) is 0 Å². The summed E-state index contributed by atoms with van der Waals surface area (Å²) in [5, 5.41) is 9.57. The predicted molar refractivity (Wildman–Crippen MR) is 81.1 cm³/mol. The number of carboxylic acid groups (broad SMARTS) is 1. The number of aliphatic carboxylic acids is 1. The molecule has 0 aliphatic carbocycles. The van der Waals surface area contributed by atoms with E-state index in [0.29, 0.717) is 25.4 Å². The second-order valence-corrected chi connectivity index (χ2v) is 6.93. The zero-order valence-corrected chi connectivity index (χ0v) is 13.5. The first-order valence-electron chi connectivity index (χ1n) is 8.18. The maximum atomic E-state index is 12.7. The molecule has 2 amide bonds. The van der Waals surface area contributed by atoms with Gasteiger partial charge in [0, 0.05) is 26.2 Å². The molecule has 21 heavy (non-hydrogen) atoms. The number of nitrogens with zero attached hydrogens (tertiary/aromatic N) is 2. The third-order valence-electron chi connectivity index (χ3n) is 5.47. The van der Waals surface area contributed by atoms with Gasteiger partial charge in [-0.1, -0.05) is 27.2 Å². The second kappa shape index (κ2) is 6.24. The minimum absolute atomic E-state index is 0.0388. The summed E-state index contributed by atoms with van der Waals surface area (Å²) in [6, 6.07) is 0.0388. The Hall–Kier alpha value is -1.26. The minimum Gasteiger partial charge on any atom is -0.481 e. The summed E-state index contributed by atoms with van der Waals surface area (Å²) >= 11 is 0.